The largest absolute Gasteiger partial charge is 0.326 e. The summed E-state index contributed by atoms with van der Waals surface area (Å²) in [6, 6.07) is 6.09. The molecule has 1 aliphatic carbocycles. The summed E-state index contributed by atoms with van der Waals surface area (Å²) >= 11 is 3.30. The zero-order chi connectivity index (χ0) is 22.3. The van der Waals surface area contributed by atoms with Gasteiger partial charge in [-0.25, -0.2) is 17.2 Å². The first-order valence-electron chi connectivity index (χ1n) is 9.77. The van der Waals surface area contributed by atoms with Crippen molar-refractivity contribution in [1.29, 1.82) is 0 Å². The average molecular weight is 513 g/mol. The number of amides is 2. The maximum Gasteiger partial charge on any atom is 0.230 e. The van der Waals surface area contributed by atoms with Crippen molar-refractivity contribution >= 4 is 49.0 Å². The number of hydrogen-bond acceptors (Lipinski definition) is 4. The first-order valence-corrected chi connectivity index (χ1v) is 12.2. The Bertz CT molecular complexity index is 1180. The van der Waals surface area contributed by atoms with E-state index in [1.807, 2.05) is 0 Å². The lowest BCUT2D eigenvalue weighted by Gasteiger charge is -2.18. The van der Waals surface area contributed by atoms with Crippen molar-refractivity contribution in [2.45, 2.75) is 30.6 Å². The first kappa shape index (κ1) is 21.9. The second-order valence-electron chi connectivity index (χ2n) is 7.67. The first-order chi connectivity index (χ1) is 14.7. The van der Waals surface area contributed by atoms with E-state index < -0.39 is 33.1 Å². The van der Waals surface area contributed by atoms with Gasteiger partial charge in [0.1, 0.15) is 0 Å². The van der Waals surface area contributed by atoms with Crippen molar-refractivity contribution in [2.24, 2.45) is 5.92 Å². The van der Waals surface area contributed by atoms with E-state index in [1.54, 1.807) is 11.0 Å². The summed E-state index contributed by atoms with van der Waals surface area (Å²) in [7, 11) is -3.85. The highest BCUT2D eigenvalue weighted by Crippen LogP contribution is 2.39. The molecule has 164 valence electrons. The van der Waals surface area contributed by atoms with Gasteiger partial charge in [0.25, 0.3) is 0 Å². The number of anilines is 2. The number of hydrogen-bond donors (Lipinski definition) is 1. The van der Waals surface area contributed by atoms with Crippen molar-refractivity contribution in [1.82, 2.24) is 0 Å². The Morgan fingerprint density at radius 2 is 1.87 bits per heavy atom. The fraction of sp³-hybridized carbons (Fsp3) is 0.333. The van der Waals surface area contributed by atoms with E-state index in [0.29, 0.717) is 23.1 Å². The number of benzene rings is 2. The minimum absolute atomic E-state index is 0.0161. The maximum atomic E-state index is 13.3. The number of sulfone groups is 1. The number of nitrogens with one attached hydrogen (secondary N) is 1. The van der Waals surface area contributed by atoms with Crippen LogP contribution in [0.3, 0.4) is 0 Å². The highest BCUT2D eigenvalue weighted by atomic mass is 79.9. The van der Waals surface area contributed by atoms with Crippen LogP contribution in [0.5, 0.6) is 0 Å². The van der Waals surface area contributed by atoms with Crippen LogP contribution in [0.25, 0.3) is 0 Å². The predicted octanol–water partition coefficient (Wildman–Crippen LogP) is 3.83. The quantitative estimate of drug-likeness (QED) is 0.637. The van der Waals surface area contributed by atoms with Crippen LogP contribution in [-0.4, -0.2) is 32.5 Å². The molecule has 2 aromatic rings. The third kappa shape index (κ3) is 4.64. The molecule has 10 heteroatoms. The standard InChI is InChI=1S/C21H19BrF2N2O4S/c22-15-9-13-5-7-26(21(28)12-1-2-12)18(13)11-19(15)31(29,30)8-6-20(27)25-14-3-4-16(23)17(24)10-14/h3-4,9-12H,1-2,5-8H2,(H,25,27). The number of carbonyl (C=O) groups excluding carboxylic acids is 2. The minimum atomic E-state index is -3.85. The Kier molecular flexibility index (Phi) is 5.87. The smallest absolute Gasteiger partial charge is 0.230 e. The molecule has 1 fully saturated rings. The van der Waals surface area contributed by atoms with E-state index in [4.69, 9.17) is 0 Å². The third-order valence-corrected chi connectivity index (χ3v) is 8.03. The molecule has 0 atom stereocenters. The molecule has 6 nitrogen and oxygen atoms in total. The van der Waals surface area contributed by atoms with Crippen LogP contribution in [0, 0.1) is 17.6 Å². The lowest BCUT2D eigenvalue weighted by molar-refractivity contribution is -0.119. The Morgan fingerprint density at radius 3 is 2.55 bits per heavy atom. The van der Waals surface area contributed by atoms with Crippen LogP contribution >= 0.6 is 15.9 Å². The van der Waals surface area contributed by atoms with E-state index in [9.17, 15) is 26.8 Å². The fourth-order valence-corrected chi connectivity index (χ4v) is 5.99. The lowest BCUT2D eigenvalue weighted by atomic mass is 10.2. The highest BCUT2D eigenvalue weighted by Gasteiger charge is 2.37. The van der Waals surface area contributed by atoms with E-state index >= 15 is 0 Å². The molecule has 1 aliphatic heterocycles. The molecular weight excluding hydrogens is 494 g/mol. The molecule has 2 aromatic carbocycles. The molecule has 1 N–H and O–H groups in total. The van der Waals surface area contributed by atoms with Gasteiger partial charge in [-0.1, -0.05) is 0 Å². The van der Waals surface area contributed by atoms with Crippen molar-refractivity contribution in [3.05, 3.63) is 52.0 Å². The molecule has 0 saturated heterocycles. The zero-order valence-corrected chi connectivity index (χ0v) is 18.7. The maximum absolute atomic E-state index is 13.3. The molecule has 0 aromatic heterocycles. The second-order valence-corrected chi connectivity index (χ2v) is 10.6. The normalized spacial score (nSPS) is 15.6. The second kappa shape index (κ2) is 8.31. The molecule has 1 saturated carbocycles. The Balaban J connectivity index is 1.48. The summed E-state index contributed by atoms with van der Waals surface area (Å²) in [6.07, 6.45) is 2.01. The fourth-order valence-electron chi connectivity index (χ4n) is 3.54. The summed E-state index contributed by atoms with van der Waals surface area (Å²) in [5.41, 5.74) is 1.54. The average Bonchev–Trinajstić information content (AvgIpc) is 3.48. The molecule has 0 bridgehead atoms. The Hall–Kier alpha value is -2.33. The number of halogens is 3. The van der Waals surface area contributed by atoms with Crippen LogP contribution < -0.4 is 10.2 Å². The minimum Gasteiger partial charge on any atom is -0.326 e. The highest BCUT2D eigenvalue weighted by molar-refractivity contribution is 9.10. The van der Waals surface area contributed by atoms with Crippen LogP contribution in [0.4, 0.5) is 20.2 Å². The van der Waals surface area contributed by atoms with E-state index in [-0.39, 0.29) is 28.8 Å². The van der Waals surface area contributed by atoms with Gasteiger partial charge in [0.15, 0.2) is 21.5 Å². The van der Waals surface area contributed by atoms with Gasteiger partial charge in [-0.3, -0.25) is 9.59 Å². The molecule has 1 heterocycles. The summed E-state index contributed by atoms with van der Waals surface area (Å²) in [5, 5.41) is 2.36. The van der Waals surface area contributed by atoms with Crippen molar-refractivity contribution in [2.75, 3.05) is 22.5 Å². The number of rotatable bonds is 6. The van der Waals surface area contributed by atoms with Gasteiger partial charge >= 0.3 is 0 Å². The van der Waals surface area contributed by atoms with E-state index in [0.717, 1.165) is 30.5 Å². The van der Waals surface area contributed by atoms with Crippen LogP contribution in [0.15, 0.2) is 39.7 Å². The van der Waals surface area contributed by atoms with E-state index in [1.165, 1.54) is 12.1 Å². The molecular formula is C21H19BrF2N2O4S. The Labute approximate surface area is 186 Å². The van der Waals surface area contributed by atoms with Crippen LogP contribution in [0.1, 0.15) is 24.8 Å². The monoisotopic (exact) mass is 512 g/mol. The predicted molar refractivity (Wildman–Crippen MR) is 115 cm³/mol. The zero-order valence-electron chi connectivity index (χ0n) is 16.3. The molecule has 31 heavy (non-hydrogen) atoms. The molecule has 0 radical (unpaired) electrons. The third-order valence-electron chi connectivity index (χ3n) is 5.36. The summed E-state index contributed by atoms with van der Waals surface area (Å²) in [4.78, 5) is 26.3. The van der Waals surface area contributed by atoms with Crippen LogP contribution in [0.2, 0.25) is 0 Å². The van der Waals surface area contributed by atoms with Gasteiger partial charge in [0, 0.05) is 40.8 Å². The van der Waals surface area contributed by atoms with Crippen molar-refractivity contribution in [3.8, 4) is 0 Å². The van der Waals surface area contributed by atoms with Gasteiger partial charge in [-0.15, -0.1) is 0 Å². The SMILES string of the molecule is O=C(CCS(=O)(=O)c1cc2c(cc1Br)CCN2C(=O)C1CC1)Nc1ccc(F)c(F)c1. The van der Waals surface area contributed by atoms with Gasteiger partial charge in [0.05, 0.1) is 10.6 Å². The van der Waals surface area contributed by atoms with Crippen molar-refractivity contribution in [3.63, 3.8) is 0 Å². The van der Waals surface area contributed by atoms with Crippen LogP contribution in [-0.2, 0) is 25.8 Å². The van der Waals surface area contributed by atoms with Crippen molar-refractivity contribution < 1.29 is 26.8 Å². The molecule has 0 spiro atoms. The topological polar surface area (TPSA) is 83.6 Å². The van der Waals surface area contributed by atoms with Gasteiger partial charge in [0.2, 0.25) is 11.8 Å². The number of carbonyl (C=O) groups is 2. The van der Waals surface area contributed by atoms with Gasteiger partial charge in [-0.05, 0) is 65.0 Å². The molecule has 2 aliphatic rings. The Morgan fingerprint density at radius 1 is 1.13 bits per heavy atom. The summed E-state index contributed by atoms with van der Waals surface area (Å²) < 4.78 is 52.5. The molecule has 4 rings (SSSR count). The van der Waals surface area contributed by atoms with Gasteiger partial charge < -0.3 is 10.2 Å². The van der Waals surface area contributed by atoms with E-state index in [2.05, 4.69) is 21.2 Å². The number of nitrogens with zero attached hydrogens (tertiary/aromatic N) is 1. The molecule has 2 amide bonds. The number of fused-ring (bicyclic) bond motifs is 1. The van der Waals surface area contributed by atoms with Gasteiger partial charge in [-0.2, -0.15) is 0 Å². The summed E-state index contributed by atoms with van der Waals surface area (Å²) in [5.74, 6) is -3.23. The lowest BCUT2D eigenvalue weighted by Crippen LogP contribution is -2.30. The summed E-state index contributed by atoms with van der Waals surface area (Å²) in [6.45, 7) is 0.525. The molecule has 0 unspecified atom stereocenters.